The maximum atomic E-state index is 12.6. The number of fused-ring (bicyclic) bond motifs is 1. The van der Waals surface area contributed by atoms with Crippen molar-refractivity contribution >= 4 is 28.2 Å². The fourth-order valence-electron chi connectivity index (χ4n) is 3.46. The maximum absolute atomic E-state index is 12.6. The average molecular weight is 320 g/mol. The van der Waals surface area contributed by atoms with Gasteiger partial charge in [0.25, 0.3) is 5.91 Å². The van der Waals surface area contributed by atoms with Crippen LogP contribution in [-0.4, -0.2) is 35.9 Å². The van der Waals surface area contributed by atoms with E-state index in [0.29, 0.717) is 12.6 Å². The Morgan fingerprint density at radius 2 is 1.79 bits per heavy atom. The Morgan fingerprint density at radius 1 is 1.00 bits per heavy atom. The highest BCUT2D eigenvalue weighted by atomic mass is 16.5. The van der Waals surface area contributed by atoms with Gasteiger partial charge in [0, 0.05) is 11.7 Å². The number of amides is 1. The zero-order valence-corrected chi connectivity index (χ0v) is 13.1. The second-order valence-electron chi connectivity index (χ2n) is 6.50. The molecule has 5 nitrogen and oxygen atoms in total. The van der Waals surface area contributed by atoms with E-state index < -0.39 is 0 Å². The van der Waals surface area contributed by atoms with Gasteiger partial charge in [-0.2, -0.15) is 0 Å². The molecule has 0 spiro atoms. The van der Waals surface area contributed by atoms with Crippen molar-refractivity contribution in [3.05, 3.63) is 53.9 Å². The topological polar surface area (TPSA) is 49.9 Å². The van der Waals surface area contributed by atoms with E-state index in [-0.39, 0.29) is 29.9 Å². The summed E-state index contributed by atoms with van der Waals surface area (Å²) >= 11 is 0. The van der Waals surface area contributed by atoms with E-state index in [0.717, 1.165) is 29.3 Å². The number of hydrogen-bond donors (Lipinski definition) is 0. The number of nitrogens with zero attached hydrogens (tertiary/aromatic N) is 2. The van der Waals surface area contributed by atoms with Crippen LogP contribution in [0.3, 0.4) is 0 Å². The quantitative estimate of drug-likeness (QED) is 0.798. The first-order valence-electron chi connectivity index (χ1n) is 8.20. The van der Waals surface area contributed by atoms with E-state index in [1.165, 1.54) is 0 Å². The monoisotopic (exact) mass is 320 g/mol. The molecule has 24 heavy (non-hydrogen) atoms. The van der Waals surface area contributed by atoms with Crippen LogP contribution in [-0.2, 0) is 14.3 Å². The van der Waals surface area contributed by atoms with E-state index in [1.807, 2.05) is 23.1 Å². The number of Topliss-reactive ketones (excluding diaryl/α,β-unsaturated/α-hetero) is 1. The summed E-state index contributed by atoms with van der Waals surface area (Å²) in [5.74, 6) is 0.0235. The molecule has 0 N–H and O–H groups in total. The third kappa shape index (κ3) is 1.94. The number of benzene rings is 2. The average Bonchev–Trinajstić information content (AvgIpc) is 3.37. The molecule has 3 aliphatic rings. The lowest BCUT2D eigenvalue weighted by Crippen LogP contribution is -2.48. The van der Waals surface area contributed by atoms with Crippen molar-refractivity contribution in [1.82, 2.24) is 4.90 Å². The van der Waals surface area contributed by atoms with E-state index in [2.05, 4.69) is 24.3 Å². The number of ether oxygens (including phenoxy) is 1. The van der Waals surface area contributed by atoms with E-state index in [9.17, 15) is 9.59 Å². The van der Waals surface area contributed by atoms with Crippen molar-refractivity contribution in [2.75, 3.05) is 18.2 Å². The zero-order chi connectivity index (χ0) is 16.3. The van der Waals surface area contributed by atoms with Gasteiger partial charge in [-0.05, 0) is 35.7 Å². The number of carbonyl (C=O) groups is 2. The van der Waals surface area contributed by atoms with Crippen LogP contribution >= 0.6 is 0 Å². The Bertz CT molecular complexity index is 914. The van der Waals surface area contributed by atoms with Gasteiger partial charge in [0.15, 0.2) is 6.61 Å². The zero-order valence-electron chi connectivity index (χ0n) is 13.1. The van der Waals surface area contributed by atoms with Crippen molar-refractivity contribution in [1.29, 1.82) is 0 Å². The SMILES string of the molecule is O=C1COC2=C1C(=O)N(C1CC1)CN2c1ccc2ccccc2c1. The predicted octanol–water partition coefficient (Wildman–Crippen LogP) is 2.42. The van der Waals surface area contributed by atoms with Crippen molar-refractivity contribution in [2.45, 2.75) is 18.9 Å². The Hall–Kier alpha value is -2.82. The highest BCUT2D eigenvalue weighted by molar-refractivity contribution is 6.22. The first-order chi connectivity index (χ1) is 11.7. The number of anilines is 1. The number of carbonyl (C=O) groups excluding carboxylic acids is 2. The van der Waals surface area contributed by atoms with E-state index in [4.69, 9.17) is 4.74 Å². The van der Waals surface area contributed by atoms with E-state index in [1.54, 1.807) is 4.90 Å². The fraction of sp³-hybridized carbons (Fsp3) is 0.263. The summed E-state index contributed by atoms with van der Waals surface area (Å²) < 4.78 is 5.58. The molecule has 1 fully saturated rings. The molecular formula is C19H16N2O3. The summed E-state index contributed by atoms with van der Waals surface area (Å²) in [7, 11) is 0. The molecule has 0 saturated heterocycles. The van der Waals surface area contributed by atoms with Crippen molar-refractivity contribution < 1.29 is 14.3 Å². The molecule has 0 bridgehead atoms. The first-order valence-corrected chi connectivity index (χ1v) is 8.20. The van der Waals surface area contributed by atoms with Gasteiger partial charge in [-0.3, -0.25) is 14.5 Å². The molecule has 0 aromatic heterocycles. The van der Waals surface area contributed by atoms with Crippen molar-refractivity contribution in [2.24, 2.45) is 0 Å². The number of hydrogen-bond acceptors (Lipinski definition) is 4. The predicted molar refractivity (Wildman–Crippen MR) is 89.1 cm³/mol. The normalized spacial score (nSPS) is 20.7. The Morgan fingerprint density at radius 3 is 2.58 bits per heavy atom. The number of rotatable bonds is 2. The van der Waals surface area contributed by atoms with Gasteiger partial charge in [-0.1, -0.05) is 30.3 Å². The van der Waals surface area contributed by atoms with Crippen LogP contribution in [0.2, 0.25) is 0 Å². The molecule has 1 amide bonds. The standard InChI is InChI=1S/C19H16N2O3/c22-16-10-24-19-17(16)18(23)20(14-7-8-14)11-21(19)15-6-5-12-3-1-2-4-13(12)9-15/h1-6,9,14H,7-8,10-11H2. The molecule has 2 aliphatic heterocycles. The maximum Gasteiger partial charge on any atom is 0.264 e. The second-order valence-corrected chi connectivity index (χ2v) is 6.50. The molecule has 1 saturated carbocycles. The minimum Gasteiger partial charge on any atom is -0.470 e. The summed E-state index contributed by atoms with van der Waals surface area (Å²) in [4.78, 5) is 28.5. The lowest BCUT2D eigenvalue weighted by Gasteiger charge is -2.36. The van der Waals surface area contributed by atoms with Crippen LogP contribution in [0.1, 0.15) is 12.8 Å². The van der Waals surface area contributed by atoms with Crippen molar-refractivity contribution in [3.8, 4) is 0 Å². The largest absolute Gasteiger partial charge is 0.470 e. The van der Waals surface area contributed by atoms with E-state index >= 15 is 0 Å². The fourth-order valence-corrected chi connectivity index (χ4v) is 3.46. The molecule has 0 unspecified atom stereocenters. The molecule has 0 radical (unpaired) electrons. The van der Waals surface area contributed by atoms with Crippen LogP contribution < -0.4 is 4.90 Å². The smallest absolute Gasteiger partial charge is 0.264 e. The van der Waals surface area contributed by atoms with Gasteiger partial charge >= 0.3 is 0 Å². The van der Waals surface area contributed by atoms with Gasteiger partial charge in [-0.25, -0.2) is 0 Å². The summed E-state index contributed by atoms with van der Waals surface area (Å²) in [6.45, 7) is 0.396. The second kappa shape index (κ2) is 4.84. The summed E-state index contributed by atoms with van der Waals surface area (Å²) in [6, 6.07) is 14.5. The molecule has 5 heteroatoms. The lowest BCUT2D eigenvalue weighted by atomic mass is 10.1. The molecule has 120 valence electrons. The Balaban J connectivity index is 1.63. The first kappa shape index (κ1) is 13.6. The third-order valence-corrected chi connectivity index (χ3v) is 4.88. The molecule has 5 rings (SSSR count). The van der Waals surface area contributed by atoms with Gasteiger partial charge in [0.05, 0.1) is 0 Å². The van der Waals surface area contributed by atoms with Gasteiger partial charge in [0.1, 0.15) is 12.2 Å². The van der Waals surface area contributed by atoms with Crippen molar-refractivity contribution in [3.63, 3.8) is 0 Å². The highest BCUT2D eigenvalue weighted by Gasteiger charge is 2.46. The van der Waals surface area contributed by atoms with Crippen LogP contribution in [0.25, 0.3) is 10.8 Å². The minimum absolute atomic E-state index is 0.0427. The summed E-state index contributed by atoms with van der Waals surface area (Å²) in [6.07, 6.45) is 2.02. The molecule has 2 heterocycles. The highest BCUT2D eigenvalue weighted by Crippen LogP contribution is 2.37. The molecule has 2 aromatic carbocycles. The summed E-state index contributed by atoms with van der Waals surface area (Å²) in [5, 5.41) is 2.28. The van der Waals surface area contributed by atoms with Gasteiger partial charge in [-0.15, -0.1) is 0 Å². The van der Waals surface area contributed by atoms with Crippen LogP contribution in [0, 0.1) is 0 Å². The molecular weight excluding hydrogens is 304 g/mol. The number of ketones is 1. The summed E-state index contributed by atoms with van der Waals surface area (Å²) in [5.41, 5.74) is 1.15. The van der Waals surface area contributed by atoms with Crippen LogP contribution in [0.15, 0.2) is 53.9 Å². The Labute approximate surface area is 139 Å². The molecule has 1 aliphatic carbocycles. The van der Waals surface area contributed by atoms with Gasteiger partial charge < -0.3 is 9.64 Å². The van der Waals surface area contributed by atoms with Gasteiger partial charge in [0.2, 0.25) is 11.7 Å². The Kier molecular flexibility index (Phi) is 2.74. The molecule has 0 atom stereocenters. The van der Waals surface area contributed by atoms with Crippen LogP contribution in [0.5, 0.6) is 0 Å². The minimum atomic E-state index is -0.217. The molecule has 2 aromatic rings. The lowest BCUT2D eigenvalue weighted by molar-refractivity contribution is -0.130. The van der Waals surface area contributed by atoms with Crippen LogP contribution in [0.4, 0.5) is 5.69 Å². The third-order valence-electron chi connectivity index (χ3n) is 4.88.